The van der Waals surface area contributed by atoms with Crippen molar-refractivity contribution in [1.29, 1.82) is 0 Å². The van der Waals surface area contributed by atoms with Crippen molar-refractivity contribution in [3.8, 4) is 11.4 Å². The van der Waals surface area contributed by atoms with E-state index in [0.29, 0.717) is 11.6 Å². The first-order chi connectivity index (χ1) is 16.0. The number of hydrogen-bond donors (Lipinski definition) is 1. The van der Waals surface area contributed by atoms with Gasteiger partial charge in [0.2, 0.25) is 16.0 Å². The highest BCUT2D eigenvalue weighted by molar-refractivity contribution is 7.93. The summed E-state index contributed by atoms with van der Waals surface area (Å²) in [6, 6.07) is 1.96. The molecule has 0 spiro atoms. The Balaban J connectivity index is 1.69. The summed E-state index contributed by atoms with van der Waals surface area (Å²) in [4.78, 5) is 12.9. The number of ether oxygens (including phenoxy) is 1. The van der Waals surface area contributed by atoms with Crippen LogP contribution in [0.4, 0.5) is 5.95 Å². The average molecular weight is 486 g/mol. The molecule has 0 aromatic carbocycles. The molecule has 0 radical (unpaired) electrons. The van der Waals surface area contributed by atoms with Crippen LogP contribution in [0, 0.1) is 13.8 Å². The lowest BCUT2D eigenvalue weighted by Gasteiger charge is -2.26. The third-order valence-corrected chi connectivity index (χ3v) is 7.63. The molecule has 11 heteroatoms. The van der Waals surface area contributed by atoms with Gasteiger partial charge in [-0.2, -0.15) is 0 Å². The monoisotopic (exact) mass is 485 g/mol. The Hall–Kier alpha value is -2.92. The van der Waals surface area contributed by atoms with Crippen LogP contribution in [0.5, 0.6) is 0 Å². The van der Waals surface area contributed by atoms with Crippen molar-refractivity contribution in [3.05, 3.63) is 47.8 Å². The Labute approximate surface area is 200 Å². The zero-order valence-corrected chi connectivity index (χ0v) is 21.2. The van der Waals surface area contributed by atoms with E-state index in [4.69, 9.17) is 4.74 Å². The fraction of sp³-hybridized carbons (Fsp3) is 0.522. The second kappa shape index (κ2) is 9.03. The second-order valence-electron chi connectivity index (χ2n) is 9.51. The summed E-state index contributed by atoms with van der Waals surface area (Å²) in [6.45, 7) is 11.2. The molecule has 4 rings (SSSR count). The van der Waals surface area contributed by atoms with Crippen molar-refractivity contribution in [2.45, 2.75) is 77.4 Å². The van der Waals surface area contributed by atoms with Gasteiger partial charge in [-0.05, 0) is 71.6 Å². The van der Waals surface area contributed by atoms with Crippen LogP contribution in [0.15, 0.2) is 30.9 Å². The minimum atomic E-state index is -3.94. The van der Waals surface area contributed by atoms with Gasteiger partial charge < -0.3 is 4.74 Å². The number of rotatable bonds is 9. The summed E-state index contributed by atoms with van der Waals surface area (Å²) in [6.07, 6.45) is 7.50. The molecular weight excluding hydrogens is 454 g/mol. The van der Waals surface area contributed by atoms with Gasteiger partial charge in [-0.3, -0.25) is 14.3 Å². The van der Waals surface area contributed by atoms with Crippen molar-refractivity contribution < 1.29 is 13.2 Å². The predicted molar refractivity (Wildman–Crippen MR) is 129 cm³/mol. The number of pyridine rings is 1. The third-order valence-electron chi connectivity index (χ3n) is 5.93. The van der Waals surface area contributed by atoms with E-state index in [-0.39, 0.29) is 17.6 Å². The molecule has 1 fully saturated rings. The summed E-state index contributed by atoms with van der Waals surface area (Å²) in [5, 5.41) is 7.57. The molecule has 0 amide bonds. The molecule has 3 aromatic rings. The minimum Gasteiger partial charge on any atom is -0.366 e. The van der Waals surface area contributed by atoms with E-state index < -0.39 is 21.4 Å². The van der Waals surface area contributed by atoms with Gasteiger partial charge >= 0.3 is 0 Å². The fourth-order valence-electron chi connectivity index (χ4n) is 3.74. The SMILES string of the molecule is Cc1cnc([C@H](OC(C)C)[C@H](C)S(=O)(=O)Nc2nnc(-c3cncc(C)c3)n2C2(C)CC2)nc1. The molecular formula is C23H31N7O3S. The van der Waals surface area contributed by atoms with E-state index in [1.54, 1.807) is 31.7 Å². The Morgan fingerprint density at radius 3 is 2.29 bits per heavy atom. The number of hydrogen-bond acceptors (Lipinski definition) is 8. The zero-order chi connectivity index (χ0) is 24.7. The minimum absolute atomic E-state index is 0.177. The van der Waals surface area contributed by atoms with Gasteiger partial charge in [0.25, 0.3) is 0 Å². The van der Waals surface area contributed by atoms with Crippen molar-refractivity contribution in [2.75, 3.05) is 4.72 Å². The second-order valence-corrected chi connectivity index (χ2v) is 11.5. The number of anilines is 1. The van der Waals surface area contributed by atoms with Crippen LogP contribution < -0.4 is 4.72 Å². The molecule has 3 heterocycles. The molecule has 182 valence electrons. The molecule has 3 aromatic heterocycles. The van der Waals surface area contributed by atoms with Crippen molar-refractivity contribution in [1.82, 2.24) is 29.7 Å². The molecule has 2 atom stereocenters. The summed E-state index contributed by atoms with van der Waals surface area (Å²) in [5.41, 5.74) is 2.38. The van der Waals surface area contributed by atoms with Crippen LogP contribution in [0.1, 0.15) is 63.6 Å². The van der Waals surface area contributed by atoms with Crippen LogP contribution in [0.2, 0.25) is 0 Å². The highest BCUT2D eigenvalue weighted by Gasteiger charge is 2.44. The van der Waals surface area contributed by atoms with E-state index in [9.17, 15) is 8.42 Å². The molecule has 0 aliphatic heterocycles. The van der Waals surface area contributed by atoms with Crippen LogP contribution in [-0.4, -0.2) is 49.5 Å². The van der Waals surface area contributed by atoms with Gasteiger partial charge in [0.05, 0.1) is 6.10 Å². The normalized spacial score (nSPS) is 16.9. The van der Waals surface area contributed by atoms with E-state index in [0.717, 1.165) is 29.5 Å². The number of sulfonamides is 1. The zero-order valence-electron chi connectivity index (χ0n) is 20.3. The molecule has 1 aliphatic rings. The van der Waals surface area contributed by atoms with Crippen molar-refractivity contribution in [2.24, 2.45) is 0 Å². The topological polar surface area (TPSA) is 125 Å². The Morgan fingerprint density at radius 1 is 1.03 bits per heavy atom. The van der Waals surface area contributed by atoms with Gasteiger partial charge in [0, 0.05) is 35.9 Å². The highest BCUT2D eigenvalue weighted by Crippen LogP contribution is 2.47. The molecule has 0 saturated heterocycles. The van der Waals surface area contributed by atoms with Gasteiger partial charge in [0.1, 0.15) is 11.4 Å². The largest absolute Gasteiger partial charge is 0.366 e. The molecule has 0 bridgehead atoms. The van der Waals surface area contributed by atoms with Crippen molar-refractivity contribution in [3.63, 3.8) is 0 Å². The molecule has 34 heavy (non-hydrogen) atoms. The summed E-state index contributed by atoms with van der Waals surface area (Å²) >= 11 is 0. The first-order valence-electron chi connectivity index (χ1n) is 11.3. The molecule has 10 nitrogen and oxygen atoms in total. The van der Waals surface area contributed by atoms with E-state index in [1.165, 1.54) is 0 Å². The first-order valence-corrected chi connectivity index (χ1v) is 12.9. The molecule has 0 unspecified atom stereocenters. The smallest absolute Gasteiger partial charge is 0.240 e. The summed E-state index contributed by atoms with van der Waals surface area (Å²) < 4.78 is 37.6. The number of aromatic nitrogens is 6. The summed E-state index contributed by atoms with van der Waals surface area (Å²) in [7, 11) is -3.94. The van der Waals surface area contributed by atoms with Crippen LogP contribution in [0.3, 0.4) is 0 Å². The maximum atomic E-state index is 13.5. The lowest BCUT2D eigenvalue weighted by atomic mass is 10.2. The van der Waals surface area contributed by atoms with Gasteiger partial charge in [0.15, 0.2) is 11.6 Å². The van der Waals surface area contributed by atoms with Crippen molar-refractivity contribution >= 4 is 16.0 Å². The number of aryl methyl sites for hydroxylation is 2. The van der Waals surface area contributed by atoms with E-state index >= 15 is 0 Å². The quantitative estimate of drug-likeness (QED) is 0.488. The Kier molecular flexibility index (Phi) is 6.43. The lowest BCUT2D eigenvalue weighted by Crippen LogP contribution is -2.35. The van der Waals surface area contributed by atoms with Gasteiger partial charge in [-0.25, -0.2) is 18.4 Å². The number of nitrogens with zero attached hydrogens (tertiary/aromatic N) is 6. The fourth-order valence-corrected chi connectivity index (χ4v) is 4.82. The molecule has 1 saturated carbocycles. The highest BCUT2D eigenvalue weighted by atomic mass is 32.2. The average Bonchev–Trinajstić information content (AvgIpc) is 3.37. The van der Waals surface area contributed by atoms with Gasteiger partial charge in [-0.1, -0.05) is 0 Å². The van der Waals surface area contributed by atoms with E-state index in [2.05, 4.69) is 36.8 Å². The Bertz CT molecular complexity index is 1270. The lowest BCUT2D eigenvalue weighted by molar-refractivity contribution is 0.00152. The third kappa shape index (κ3) is 4.95. The van der Waals surface area contributed by atoms with Gasteiger partial charge in [-0.15, -0.1) is 10.2 Å². The van der Waals surface area contributed by atoms with E-state index in [1.807, 2.05) is 38.3 Å². The maximum Gasteiger partial charge on any atom is 0.240 e. The molecule has 1 N–H and O–H groups in total. The number of nitrogens with one attached hydrogen (secondary N) is 1. The summed E-state index contributed by atoms with van der Waals surface area (Å²) in [5.74, 6) is 1.08. The van der Waals surface area contributed by atoms with Crippen LogP contribution in [-0.2, 0) is 20.3 Å². The molecule has 1 aliphatic carbocycles. The first kappa shape index (κ1) is 24.2. The maximum absolute atomic E-state index is 13.5. The standard InChI is InChI=1S/C23H31N7O3S/c1-14(2)33-19(20-25-11-16(4)12-26-20)17(5)34(31,32)29-22-28-27-21(30(22)23(6)7-8-23)18-9-15(3)10-24-13-18/h9-14,17,19H,7-8H2,1-6H3,(H,28,29)/t17-,19+/m0/s1. The van der Waals surface area contributed by atoms with Crippen LogP contribution >= 0.6 is 0 Å². The van der Waals surface area contributed by atoms with Crippen LogP contribution in [0.25, 0.3) is 11.4 Å². The Morgan fingerprint density at radius 2 is 1.71 bits per heavy atom. The predicted octanol–water partition coefficient (Wildman–Crippen LogP) is 3.55.